The molecule has 0 spiro atoms. The van der Waals surface area contributed by atoms with E-state index in [1.807, 2.05) is 0 Å². The summed E-state index contributed by atoms with van der Waals surface area (Å²) in [6, 6.07) is 5.06. The van der Waals surface area contributed by atoms with Gasteiger partial charge < -0.3 is 11.1 Å². The second-order valence-corrected chi connectivity index (χ2v) is 5.78. The Morgan fingerprint density at radius 2 is 2.06 bits per heavy atom. The van der Waals surface area contributed by atoms with Gasteiger partial charge in [0.2, 0.25) is 10.0 Å². The predicted molar refractivity (Wildman–Crippen MR) is 70.5 cm³/mol. The molecule has 0 radical (unpaired) electrons. The zero-order chi connectivity index (χ0) is 13.8. The molecule has 1 rings (SSSR count). The Labute approximate surface area is 106 Å². The highest BCUT2D eigenvalue weighted by Gasteiger charge is 2.09. The molecule has 0 bridgehead atoms. The molecule has 1 aromatic rings. The third-order valence-corrected chi connectivity index (χ3v) is 3.26. The van der Waals surface area contributed by atoms with Crippen LogP contribution in [0.3, 0.4) is 0 Å². The Bertz CT molecular complexity index is 540. The highest BCUT2D eigenvalue weighted by molar-refractivity contribution is 7.89. The normalized spacial score (nSPS) is 11.2. The maximum Gasteiger partial charge on any atom is 0.251 e. The minimum atomic E-state index is -3.47. The van der Waals surface area contributed by atoms with Crippen molar-refractivity contribution in [1.29, 1.82) is 0 Å². The lowest BCUT2D eigenvalue weighted by atomic mass is 10.1. The van der Waals surface area contributed by atoms with Crippen molar-refractivity contribution in [3.05, 3.63) is 29.3 Å². The quantitative estimate of drug-likeness (QED) is 0.515. The topological polar surface area (TPSA) is 115 Å². The number of amides is 1. The number of sulfonamides is 1. The van der Waals surface area contributed by atoms with Crippen LogP contribution in [-0.4, -0.2) is 26.6 Å². The van der Waals surface area contributed by atoms with Gasteiger partial charge in [0, 0.05) is 17.8 Å². The number of rotatable bonds is 5. The van der Waals surface area contributed by atoms with Crippen molar-refractivity contribution in [1.82, 2.24) is 5.32 Å². The first-order valence-corrected chi connectivity index (χ1v) is 7.16. The van der Waals surface area contributed by atoms with Gasteiger partial charge in [0.05, 0.1) is 5.75 Å². The molecule has 0 saturated carbocycles. The number of nitrogens with one attached hydrogen (secondary N) is 1. The summed E-state index contributed by atoms with van der Waals surface area (Å²) in [5.41, 5.74) is 7.42. The van der Waals surface area contributed by atoms with E-state index in [2.05, 4.69) is 5.32 Å². The van der Waals surface area contributed by atoms with E-state index in [1.165, 1.54) is 0 Å². The highest BCUT2D eigenvalue weighted by atomic mass is 32.2. The van der Waals surface area contributed by atoms with Gasteiger partial charge >= 0.3 is 0 Å². The number of hydrogen-bond donors (Lipinski definition) is 3. The highest BCUT2D eigenvalue weighted by Crippen LogP contribution is 2.12. The van der Waals surface area contributed by atoms with Crippen LogP contribution in [0.4, 0.5) is 5.69 Å². The molecule has 100 valence electrons. The molecule has 0 aliphatic heterocycles. The van der Waals surface area contributed by atoms with E-state index in [0.717, 1.165) is 5.56 Å². The predicted octanol–water partition coefficient (Wildman–Crippen LogP) is -0.0144. The van der Waals surface area contributed by atoms with Gasteiger partial charge in [-0.2, -0.15) is 0 Å². The van der Waals surface area contributed by atoms with Crippen molar-refractivity contribution >= 4 is 21.6 Å². The van der Waals surface area contributed by atoms with E-state index in [-0.39, 0.29) is 24.6 Å². The minimum Gasteiger partial charge on any atom is -0.399 e. The lowest BCUT2D eigenvalue weighted by Gasteiger charge is -2.08. The van der Waals surface area contributed by atoms with Gasteiger partial charge in [-0.25, -0.2) is 13.6 Å². The van der Waals surface area contributed by atoms with Gasteiger partial charge in [-0.3, -0.25) is 4.79 Å². The van der Waals surface area contributed by atoms with Crippen molar-refractivity contribution in [2.75, 3.05) is 18.0 Å². The molecule has 1 aromatic carbocycles. The number of benzene rings is 1. The lowest BCUT2D eigenvalue weighted by Crippen LogP contribution is -2.27. The molecule has 0 saturated heterocycles. The second kappa shape index (κ2) is 5.83. The number of hydrogen-bond acceptors (Lipinski definition) is 4. The molecule has 0 atom stereocenters. The summed E-state index contributed by atoms with van der Waals surface area (Å²) in [5, 5.41) is 7.48. The minimum absolute atomic E-state index is 0.150. The molecular weight excluding hydrogens is 254 g/mol. The zero-order valence-corrected chi connectivity index (χ0v) is 11.0. The van der Waals surface area contributed by atoms with E-state index < -0.39 is 10.0 Å². The van der Waals surface area contributed by atoms with Gasteiger partial charge in [-0.05, 0) is 31.0 Å². The van der Waals surface area contributed by atoms with Gasteiger partial charge in [-0.1, -0.05) is 6.07 Å². The number of carbonyl (C=O) groups excluding carboxylic acids is 1. The third kappa shape index (κ3) is 4.72. The van der Waals surface area contributed by atoms with E-state index in [1.54, 1.807) is 25.1 Å². The molecule has 0 unspecified atom stereocenters. The van der Waals surface area contributed by atoms with Gasteiger partial charge in [0.25, 0.3) is 5.91 Å². The van der Waals surface area contributed by atoms with Crippen LogP contribution >= 0.6 is 0 Å². The fraction of sp³-hybridized carbons (Fsp3) is 0.364. The molecule has 5 N–H and O–H groups in total. The van der Waals surface area contributed by atoms with Crippen LogP contribution in [0.15, 0.2) is 18.2 Å². The molecule has 0 aliphatic carbocycles. The Hall–Kier alpha value is -1.60. The summed E-state index contributed by atoms with van der Waals surface area (Å²) in [6.45, 7) is 2.06. The van der Waals surface area contributed by atoms with Gasteiger partial charge in [-0.15, -0.1) is 0 Å². The first kappa shape index (κ1) is 14.5. The summed E-state index contributed by atoms with van der Waals surface area (Å²) in [7, 11) is -3.47. The van der Waals surface area contributed by atoms with Crippen molar-refractivity contribution in [2.24, 2.45) is 5.14 Å². The van der Waals surface area contributed by atoms with Crippen molar-refractivity contribution in [2.45, 2.75) is 13.3 Å². The number of anilines is 1. The maximum atomic E-state index is 11.8. The van der Waals surface area contributed by atoms with Crippen LogP contribution in [0.1, 0.15) is 22.3 Å². The molecule has 7 heteroatoms. The molecule has 0 aromatic heterocycles. The van der Waals surface area contributed by atoms with Crippen LogP contribution in [-0.2, 0) is 10.0 Å². The summed E-state index contributed by atoms with van der Waals surface area (Å²) in [4.78, 5) is 11.8. The fourth-order valence-corrected chi connectivity index (χ4v) is 2.00. The number of primary sulfonamides is 1. The third-order valence-electron chi connectivity index (χ3n) is 2.40. The number of carbonyl (C=O) groups is 1. The van der Waals surface area contributed by atoms with Gasteiger partial charge in [0.15, 0.2) is 0 Å². The van der Waals surface area contributed by atoms with Crippen LogP contribution in [0.2, 0.25) is 0 Å². The number of nitrogen functional groups attached to an aromatic ring is 1. The average Bonchev–Trinajstić information content (AvgIpc) is 2.26. The summed E-state index contributed by atoms with van der Waals surface area (Å²) in [6.07, 6.45) is 0.284. The Morgan fingerprint density at radius 3 is 2.67 bits per heavy atom. The van der Waals surface area contributed by atoms with Crippen LogP contribution < -0.4 is 16.2 Å². The van der Waals surface area contributed by atoms with Crippen molar-refractivity contribution in [3.8, 4) is 0 Å². The number of aryl methyl sites for hydroxylation is 1. The summed E-state index contributed by atoms with van der Waals surface area (Å²) < 4.78 is 21.4. The van der Waals surface area contributed by atoms with Crippen LogP contribution in [0.5, 0.6) is 0 Å². The first-order valence-electron chi connectivity index (χ1n) is 5.44. The fourth-order valence-electron chi connectivity index (χ4n) is 1.45. The lowest BCUT2D eigenvalue weighted by molar-refractivity contribution is 0.0953. The molecule has 1 amide bonds. The zero-order valence-electron chi connectivity index (χ0n) is 10.1. The number of nitrogens with two attached hydrogens (primary N) is 2. The van der Waals surface area contributed by atoms with Gasteiger partial charge in [0.1, 0.15) is 0 Å². The Balaban J connectivity index is 2.53. The standard InChI is InChI=1S/C11H17N3O3S/c1-8-3-4-9(12)7-10(8)11(15)14-5-2-6-18(13,16)17/h3-4,7H,2,5-6,12H2,1H3,(H,14,15)(H2,13,16,17). The largest absolute Gasteiger partial charge is 0.399 e. The van der Waals surface area contributed by atoms with E-state index in [4.69, 9.17) is 10.9 Å². The molecular formula is C11H17N3O3S. The molecule has 18 heavy (non-hydrogen) atoms. The molecule has 0 aliphatic rings. The molecule has 0 fully saturated rings. The Kier molecular flexibility index (Phi) is 4.69. The van der Waals surface area contributed by atoms with Crippen molar-refractivity contribution < 1.29 is 13.2 Å². The summed E-state index contributed by atoms with van der Waals surface area (Å²) in [5.74, 6) is -0.419. The summed E-state index contributed by atoms with van der Waals surface area (Å²) >= 11 is 0. The van der Waals surface area contributed by atoms with E-state index in [0.29, 0.717) is 11.3 Å². The maximum absolute atomic E-state index is 11.8. The van der Waals surface area contributed by atoms with E-state index >= 15 is 0 Å². The van der Waals surface area contributed by atoms with E-state index in [9.17, 15) is 13.2 Å². The monoisotopic (exact) mass is 271 g/mol. The van der Waals surface area contributed by atoms with Crippen LogP contribution in [0.25, 0.3) is 0 Å². The van der Waals surface area contributed by atoms with Crippen LogP contribution in [0, 0.1) is 6.92 Å². The SMILES string of the molecule is Cc1ccc(N)cc1C(=O)NCCCS(N)(=O)=O. The van der Waals surface area contributed by atoms with Crippen molar-refractivity contribution in [3.63, 3.8) is 0 Å². The first-order chi connectivity index (χ1) is 8.29. The Morgan fingerprint density at radius 1 is 1.39 bits per heavy atom. The smallest absolute Gasteiger partial charge is 0.251 e. The average molecular weight is 271 g/mol. The molecule has 6 nitrogen and oxygen atoms in total. The second-order valence-electron chi connectivity index (χ2n) is 4.05. The molecule has 0 heterocycles.